The van der Waals surface area contributed by atoms with Gasteiger partial charge in [-0.1, -0.05) is 41.6 Å². The van der Waals surface area contributed by atoms with Crippen molar-refractivity contribution in [2.75, 3.05) is 25.4 Å². The third kappa shape index (κ3) is 6.03. The number of carbonyl (C=O) groups is 2. The summed E-state index contributed by atoms with van der Waals surface area (Å²) in [5, 5.41) is 11.9. The van der Waals surface area contributed by atoms with Crippen molar-refractivity contribution in [1.29, 1.82) is 0 Å². The van der Waals surface area contributed by atoms with Crippen LogP contribution in [0.4, 0.5) is 0 Å². The van der Waals surface area contributed by atoms with Crippen molar-refractivity contribution < 1.29 is 18.0 Å². The molecular formula is C25H29N5O4S2. The molecule has 0 radical (unpaired) electrons. The minimum Gasteiger partial charge on any atom is -0.356 e. The topological polar surface area (TPSA) is 114 Å². The van der Waals surface area contributed by atoms with Crippen LogP contribution >= 0.6 is 11.8 Å². The van der Waals surface area contributed by atoms with Gasteiger partial charge in [0.2, 0.25) is 15.9 Å². The van der Waals surface area contributed by atoms with Gasteiger partial charge in [0, 0.05) is 44.2 Å². The van der Waals surface area contributed by atoms with Crippen molar-refractivity contribution in [3.8, 4) is 5.69 Å². The number of rotatable bonds is 10. The summed E-state index contributed by atoms with van der Waals surface area (Å²) in [5.74, 6) is 0.548. The molecule has 1 fully saturated rings. The molecule has 9 nitrogen and oxygen atoms in total. The van der Waals surface area contributed by atoms with E-state index in [1.165, 1.54) is 35.1 Å². The molecule has 190 valence electrons. The molecule has 2 heterocycles. The molecule has 1 N–H and O–H groups in total. The number of aromatic nitrogens is 3. The van der Waals surface area contributed by atoms with Gasteiger partial charge < -0.3 is 5.32 Å². The largest absolute Gasteiger partial charge is 0.356 e. The summed E-state index contributed by atoms with van der Waals surface area (Å²) < 4.78 is 28.8. The average Bonchev–Trinajstić information content (AvgIpc) is 3.54. The first-order valence-corrected chi connectivity index (χ1v) is 14.2. The number of hydrogen-bond acceptors (Lipinski definition) is 7. The molecule has 0 aliphatic carbocycles. The van der Waals surface area contributed by atoms with Crippen molar-refractivity contribution in [3.63, 3.8) is 0 Å². The fraction of sp³-hybridized carbons (Fsp3) is 0.360. The van der Waals surface area contributed by atoms with Crippen molar-refractivity contribution in [1.82, 2.24) is 24.4 Å². The Morgan fingerprint density at radius 1 is 1.00 bits per heavy atom. The first-order chi connectivity index (χ1) is 17.3. The van der Waals surface area contributed by atoms with Crippen LogP contribution in [0.1, 0.15) is 41.5 Å². The number of carbonyl (C=O) groups excluding carboxylic acids is 2. The van der Waals surface area contributed by atoms with E-state index >= 15 is 0 Å². The molecule has 1 saturated heterocycles. The lowest BCUT2D eigenvalue weighted by atomic mass is 10.1. The molecule has 0 spiro atoms. The van der Waals surface area contributed by atoms with Gasteiger partial charge in [-0.3, -0.25) is 14.2 Å². The Balaban J connectivity index is 1.48. The Hall–Kier alpha value is -3.02. The second-order valence-electron chi connectivity index (χ2n) is 8.65. The Bertz CT molecular complexity index is 1330. The standard InChI is InChI=1S/C25H29N5O4S2/c1-18-5-9-21(10-6-18)30-24(13-14-26-19(2)31)27-28-25(30)35-17-23(32)20-7-11-22(12-8-20)36(33,34)29-15-3-4-16-29/h5-12H,3-4,13-17H2,1-2H3,(H,26,31). The van der Waals surface area contributed by atoms with Crippen molar-refractivity contribution in [2.24, 2.45) is 0 Å². The summed E-state index contributed by atoms with van der Waals surface area (Å²) in [5.41, 5.74) is 2.43. The molecule has 1 amide bonds. The van der Waals surface area contributed by atoms with E-state index in [9.17, 15) is 18.0 Å². The minimum atomic E-state index is -3.52. The lowest BCUT2D eigenvalue weighted by molar-refractivity contribution is -0.118. The number of thioether (sulfide) groups is 1. The summed E-state index contributed by atoms with van der Waals surface area (Å²) in [6, 6.07) is 14.0. The SMILES string of the molecule is CC(=O)NCCc1nnc(SCC(=O)c2ccc(S(=O)(=O)N3CCCC3)cc2)n1-c1ccc(C)cc1. The molecule has 11 heteroatoms. The fourth-order valence-electron chi connectivity index (χ4n) is 3.96. The maximum Gasteiger partial charge on any atom is 0.243 e. The monoisotopic (exact) mass is 527 g/mol. The smallest absolute Gasteiger partial charge is 0.243 e. The van der Waals surface area contributed by atoms with Crippen LogP contribution in [-0.4, -0.2) is 64.6 Å². The molecule has 0 bridgehead atoms. The van der Waals surface area contributed by atoms with Crippen LogP contribution in [-0.2, 0) is 21.2 Å². The third-order valence-electron chi connectivity index (χ3n) is 5.93. The van der Waals surface area contributed by atoms with E-state index in [4.69, 9.17) is 0 Å². The second-order valence-corrected chi connectivity index (χ2v) is 11.5. The van der Waals surface area contributed by atoms with E-state index in [-0.39, 0.29) is 22.3 Å². The maximum atomic E-state index is 12.9. The molecule has 36 heavy (non-hydrogen) atoms. The summed E-state index contributed by atoms with van der Waals surface area (Å²) in [6.07, 6.45) is 2.23. The van der Waals surface area contributed by atoms with Gasteiger partial charge in [0.15, 0.2) is 10.9 Å². The summed E-state index contributed by atoms with van der Waals surface area (Å²) in [6.45, 7) is 4.97. The molecule has 3 aromatic rings. The highest BCUT2D eigenvalue weighted by atomic mass is 32.2. The van der Waals surface area contributed by atoms with Crippen LogP contribution < -0.4 is 5.32 Å². The zero-order valence-electron chi connectivity index (χ0n) is 20.3. The zero-order valence-corrected chi connectivity index (χ0v) is 21.9. The number of sulfonamides is 1. The Morgan fingerprint density at radius 2 is 1.67 bits per heavy atom. The number of benzene rings is 2. The van der Waals surface area contributed by atoms with Crippen molar-refractivity contribution in [3.05, 3.63) is 65.5 Å². The normalized spacial score (nSPS) is 14.2. The van der Waals surface area contributed by atoms with Crippen LogP contribution in [0.3, 0.4) is 0 Å². The van der Waals surface area contributed by atoms with Gasteiger partial charge in [-0.25, -0.2) is 8.42 Å². The highest BCUT2D eigenvalue weighted by Gasteiger charge is 2.27. The van der Waals surface area contributed by atoms with Crippen LogP contribution in [0.5, 0.6) is 0 Å². The number of amides is 1. The van der Waals surface area contributed by atoms with Crippen LogP contribution in [0.25, 0.3) is 5.69 Å². The van der Waals surface area contributed by atoms with Gasteiger partial charge >= 0.3 is 0 Å². The number of Topliss-reactive ketones (excluding diaryl/α,β-unsaturated/α-hetero) is 1. The molecule has 0 saturated carbocycles. The van der Waals surface area contributed by atoms with Crippen LogP contribution in [0.2, 0.25) is 0 Å². The highest BCUT2D eigenvalue weighted by molar-refractivity contribution is 7.99. The zero-order chi connectivity index (χ0) is 25.7. The molecule has 0 atom stereocenters. The van der Waals surface area contributed by atoms with Gasteiger partial charge in [-0.05, 0) is 44.0 Å². The Kier molecular flexibility index (Phi) is 8.22. The molecular weight excluding hydrogens is 498 g/mol. The van der Waals surface area contributed by atoms with Gasteiger partial charge in [0.25, 0.3) is 0 Å². The van der Waals surface area contributed by atoms with E-state index in [2.05, 4.69) is 15.5 Å². The molecule has 1 aromatic heterocycles. The van der Waals surface area contributed by atoms with E-state index in [1.54, 1.807) is 12.1 Å². The number of aryl methyl sites for hydroxylation is 1. The minimum absolute atomic E-state index is 0.115. The molecule has 0 unspecified atom stereocenters. The predicted molar refractivity (Wildman–Crippen MR) is 138 cm³/mol. The number of nitrogens with zero attached hydrogens (tertiary/aromatic N) is 4. The van der Waals surface area contributed by atoms with Crippen molar-refractivity contribution in [2.45, 2.75) is 43.2 Å². The molecule has 1 aliphatic heterocycles. The van der Waals surface area contributed by atoms with E-state index in [0.29, 0.717) is 42.6 Å². The maximum absolute atomic E-state index is 12.9. The van der Waals surface area contributed by atoms with Gasteiger partial charge in [-0.15, -0.1) is 10.2 Å². The first kappa shape index (κ1) is 26.1. The van der Waals surface area contributed by atoms with Crippen LogP contribution in [0, 0.1) is 6.92 Å². The van der Waals surface area contributed by atoms with E-state index in [0.717, 1.165) is 24.1 Å². The van der Waals surface area contributed by atoms with Gasteiger partial charge in [0.1, 0.15) is 5.82 Å². The van der Waals surface area contributed by atoms with Gasteiger partial charge in [-0.2, -0.15) is 4.31 Å². The molecule has 2 aromatic carbocycles. The fourth-order valence-corrected chi connectivity index (χ4v) is 6.35. The predicted octanol–water partition coefficient (Wildman–Crippen LogP) is 3.01. The summed E-state index contributed by atoms with van der Waals surface area (Å²) in [4.78, 5) is 24.4. The Labute approximate surface area is 215 Å². The molecule has 1 aliphatic rings. The summed E-state index contributed by atoms with van der Waals surface area (Å²) >= 11 is 1.27. The van der Waals surface area contributed by atoms with Gasteiger partial charge in [0.05, 0.1) is 10.6 Å². The lowest BCUT2D eigenvalue weighted by Crippen LogP contribution is -2.27. The number of nitrogens with one attached hydrogen (secondary N) is 1. The molecule has 4 rings (SSSR count). The quantitative estimate of drug-likeness (QED) is 0.318. The van der Waals surface area contributed by atoms with Crippen molar-refractivity contribution >= 4 is 33.5 Å². The number of ketones is 1. The lowest BCUT2D eigenvalue weighted by Gasteiger charge is -2.15. The summed E-state index contributed by atoms with van der Waals surface area (Å²) in [7, 11) is -3.52. The number of hydrogen-bond donors (Lipinski definition) is 1. The third-order valence-corrected chi connectivity index (χ3v) is 8.77. The first-order valence-electron chi connectivity index (χ1n) is 11.8. The van der Waals surface area contributed by atoms with E-state index < -0.39 is 10.0 Å². The van der Waals surface area contributed by atoms with E-state index in [1.807, 2.05) is 35.8 Å². The van der Waals surface area contributed by atoms with Crippen LogP contribution in [0.15, 0.2) is 58.6 Å². The highest BCUT2D eigenvalue weighted by Crippen LogP contribution is 2.25. The Morgan fingerprint density at radius 3 is 2.31 bits per heavy atom. The average molecular weight is 528 g/mol. The second kappa shape index (κ2) is 11.4.